The van der Waals surface area contributed by atoms with Gasteiger partial charge < -0.3 is 14.7 Å². The number of nitrogens with zero attached hydrogens (tertiary/aromatic N) is 5. The Morgan fingerprint density at radius 1 is 0.944 bits per heavy atom. The first kappa shape index (κ1) is 25.6. The van der Waals surface area contributed by atoms with E-state index in [-0.39, 0.29) is 24.4 Å². The third-order valence-electron chi connectivity index (χ3n) is 6.70. The number of benzene rings is 2. The van der Waals surface area contributed by atoms with Crippen LogP contribution >= 0.6 is 11.6 Å². The number of hydrogen-bond acceptors (Lipinski definition) is 5. The monoisotopic (exact) mass is 505 g/mol. The van der Waals surface area contributed by atoms with E-state index in [0.29, 0.717) is 37.6 Å². The highest BCUT2D eigenvalue weighted by Crippen LogP contribution is 2.26. The summed E-state index contributed by atoms with van der Waals surface area (Å²) in [6, 6.07) is 21.1. The van der Waals surface area contributed by atoms with Gasteiger partial charge in [0.2, 0.25) is 11.8 Å². The van der Waals surface area contributed by atoms with Gasteiger partial charge in [-0.2, -0.15) is 0 Å². The van der Waals surface area contributed by atoms with Crippen molar-refractivity contribution >= 4 is 29.2 Å². The first-order valence-electron chi connectivity index (χ1n) is 12.4. The topological polar surface area (TPSA) is 69.6 Å². The van der Waals surface area contributed by atoms with Crippen molar-refractivity contribution in [2.45, 2.75) is 32.7 Å². The van der Waals surface area contributed by atoms with Gasteiger partial charge in [-0.3, -0.25) is 9.59 Å². The Morgan fingerprint density at radius 3 is 2.28 bits per heavy atom. The Balaban J connectivity index is 1.34. The van der Waals surface area contributed by atoms with Gasteiger partial charge in [-0.15, -0.1) is 10.2 Å². The van der Waals surface area contributed by atoms with Crippen LogP contribution in [0.5, 0.6) is 0 Å². The maximum atomic E-state index is 13.1. The van der Waals surface area contributed by atoms with Crippen LogP contribution in [0.2, 0.25) is 5.02 Å². The molecule has 1 aromatic heterocycles. The van der Waals surface area contributed by atoms with Gasteiger partial charge in [0.25, 0.3) is 0 Å². The van der Waals surface area contributed by atoms with Crippen LogP contribution in [0.25, 0.3) is 11.3 Å². The molecule has 2 amide bonds. The molecule has 0 unspecified atom stereocenters. The Bertz CT molecular complexity index is 1160. The fourth-order valence-electron chi connectivity index (χ4n) is 4.32. The number of aromatic nitrogens is 2. The molecule has 4 rings (SSSR count). The minimum absolute atomic E-state index is 0.00152. The van der Waals surface area contributed by atoms with Crippen molar-refractivity contribution < 1.29 is 9.59 Å². The SMILES string of the molecule is CC[C@H](C)N(CC(=O)N1CCN(c2ccc(-c3ccccc3Cl)nn2)CC1)C(=O)Cc1ccccc1. The molecule has 8 heteroatoms. The lowest BCUT2D eigenvalue weighted by Gasteiger charge is -2.37. The fraction of sp³-hybridized carbons (Fsp3) is 0.357. The summed E-state index contributed by atoms with van der Waals surface area (Å²) in [4.78, 5) is 31.9. The average Bonchev–Trinajstić information content (AvgIpc) is 2.92. The quantitative estimate of drug-likeness (QED) is 0.456. The molecule has 0 spiro atoms. The Hall–Kier alpha value is -3.45. The maximum absolute atomic E-state index is 13.1. The van der Waals surface area contributed by atoms with Crippen molar-refractivity contribution in [1.82, 2.24) is 20.0 Å². The smallest absolute Gasteiger partial charge is 0.242 e. The van der Waals surface area contributed by atoms with Gasteiger partial charge in [-0.1, -0.05) is 67.1 Å². The van der Waals surface area contributed by atoms with Crippen LogP contribution in [-0.2, 0) is 16.0 Å². The Kier molecular flexibility index (Phi) is 8.54. The Labute approximate surface area is 217 Å². The first-order valence-corrected chi connectivity index (χ1v) is 12.8. The molecule has 1 aliphatic rings. The molecule has 1 aliphatic heterocycles. The molecule has 36 heavy (non-hydrogen) atoms. The van der Waals surface area contributed by atoms with Crippen LogP contribution < -0.4 is 4.90 Å². The molecule has 1 fully saturated rings. The normalized spacial score (nSPS) is 14.4. The van der Waals surface area contributed by atoms with E-state index >= 15 is 0 Å². The third kappa shape index (κ3) is 6.21. The largest absolute Gasteiger partial charge is 0.352 e. The number of amides is 2. The van der Waals surface area contributed by atoms with E-state index in [2.05, 4.69) is 15.1 Å². The second-order valence-electron chi connectivity index (χ2n) is 9.07. The number of rotatable bonds is 8. The number of piperazine rings is 1. The van der Waals surface area contributed by atoms with Gasteiger partial charge >= 0.3 is 0 Å². The summed E-state index contributed by atoms with van der Waals surface area (Å²) in [5.41, 5.74) is 2.53. The number of carbonyl (C=O) groups is 2. The van der Waals surface area contributed by atoms with Crippen LogP contribution in [0.1, 0.15) is 25.8 Å². The van der Waals surface area contributed by atoms with Crippen molar-refractivity contribution in [1.29, 1.82) is 0 Å². The van der Waals surface area contributed by atoms with Crippen molar-refractivity contribution in [3.05, 3.63) is 77.3 Å². The van der Waals surface area contributed by atoms with Crippen LogP contribution in [0.4, 0.5) is 5.82 Å². The third-order valence-corrected chi connectivity index (χ3v) is 7.03. The van der Waals surface area contributed by atoms with Crippen LogP contribution in [0, 0.1) is 0 Å². The van der Waals surface area contributed by atoms with Crippen molar-refractivity contribution in [2.75, 3.05) is 37.6 Å². The molecule has 2 aromatic carbocycles. The van der Waals surface area contributed by atoms with Crippen LogP contribution in [0.3, 0.4) is 0 Å². The second-order valence-corrected chi connectivity index (χ2v) is 9.47. The lowest BCUT2D eigenvalue weighted by molar-refractivity contribution is -0.142. The van der Waals surface area contributed by atoms with E-state index < -0.39 is 0 Å². The standard InChI is InChI=1S/C28H32ClN5O2/c1-3-21(2)34(27(35)19-22-9-5-4-6-10-22)20-28(36)33-17-15-32(16-18-33)26-14-13-25(30-31-26)23-11-7-8-12-24(23)29/h4-14,21H,3,15-20H2,1-2H3/t21-/m0/s1. The molecule has 7 nitrogen and oxygen atoms in total. The summed E-state index contributed by atoms with van der Waals surface area (Å²) < 4.78 is 0. The van der Waals surface area contributed by atoms with E-state index in [1.807, 2.05) is 85.5 Å². The lowest BCUT2D eigenvalue weighted by Crippen LogP contribution is -2.53. The van der Waals surface area contributed by atoms with Crippen LogP contribution in [0.15, 0.2) is 66.7 Å². The van der Waals surface area contributed by atoms with Gasteiger partial charge in [0.15, 0.2) is 5.82 Å². The number of hydrogen-bond donors (Lipinski definition) is 0. The molecule has 188 valence electrons. The lowest BCUT2D eigenvalue weighted by atomic mass is 10.1. The highest BCUT2D eigenvalue weighted by molar-refractivity contribution is 6.33. The zero-order chi connectivity index (χ0) is 25.5. The minimum Gasteiger partial charge on any atom is -0.352 e. The summed E-state index contributed by atoms with van der Waals surface area (Å²) in [5, 5.41) is 9.40. The second kappa shape index (κ2) is 12.0. The van der Waals surface area contributed by atoms with E-state index in [0.717, 1.165) is 29.1 Å². The zero-order valence-electron chi connectivity index (χ0n) is 20.8. The summed E-state index contributed by atoms with van der Waals surface area (Å²) in [6.45, 7) is 6.61. The van der Waals surface area contributed by atoms with E-state index in [1.54, 1.807) is 4.90 Å². The van der Waals surface area contributed by atoms with Gasteiger partial charge in [-0.05, 0) is 37.1 Å². The fourth-order valence-corrected chi connectivity index (χ4v) is 4.55. The Morgan fingerprint density at radius 2 is 1.64 bits per heavy atom. The minimum atomic E-state index is -0.0172. The van der Waals surface area contributed by atoms with Crippen molar-refractivity contribution in [2.24, 2.45) is 0 Å². The molecule has 0 N–H and O–H groups in total. The average molecular weight is 506 g/mol. The zero-order valence-corrected chi connectivity index (χ0v) is 21.6. The molecule has 0 bridgehead atoms. The number of carbonyl (C=O) groups excluding carboxylic acids is 2. The van der Waals surface area contributed by atoms with Crippen molar-refractivity contribution in [3.8, 4) is 11.3 Å². The highest BCUT2D eigenvalue weighted by Gasteiger charge is 2.27. The molecule has 3 aromatic rings. The van der Waals surface area contributed by atoms with Gasteiger partial charge in [0, 0.05) is 37.8 Å². The molecule has 1 atom stereocenters. The molecule has 1 saturated heterocycles. The summed E-state index contributed by atoms with van der Waals surface area (Å²) >= 11 is 6.28. The summed E-state index contributed by atoms with van der Waals surface area (Å²) in [6.07, 6.45) is 1.10. The van der Waals surface area contributed by atoms with Crippen molar-refractivity contribution in [3.63, 3.8) is 0 Å². The predicted octanol–water partition coefficient (Wildman–Crippen LogP) is 4.32. The van der Waals surface area contributed by atoms with E-state index in [4.69, 9.17) is 11.6 Å². The molecular formula is C28H32ClN5O2. The van der Waals surface area contributed by atoms with Crippen LogP contribution in [-0.4, -0.2) is 70.6 Å². The highest BCUT2D eigenvalue weighted by atomic mass is 35.5. The maximum Gasteiger partial charge on any atom is 0.242 e. The van der Waals surface area contributed by atoms with Gasteiger partial charge in [0.1, 0.15) is 6.54 Å². The number of halogens is 1. The van der Waals surface area contributed by atoms with Gasteiger partial charge in [0.05, 0.1) is 17.1 Å². The van der Waals surface area contributed by atoms with E-state index in [1.165, 1.54) is 0 Å². The summed E-state index contributed by atoms with van der Waals surface area (Å²) in [5.74, 6) is 0.741. The molecular weight excluding hydrogens is 474 g/mol. The molecule has 0 radical (unpaired) electrons. The first-order chi connectivity index (χ1) is 17.5. The molecule has 0 aliphatic carbocycles. The summed E-state index contributed by atoms with van der Waals surface area (Å²) in [7, 11) is 0. The predicted molar refractivity (Wildman–Crippen MR) is 143 cm³/mol. The number of anilines is 1. The van der Waals surface area contributed by atoms with E-state index in [9.17, 15) is 9.59 Å². The molecule has 0 saturated carbocycles. The van der Waals surface area contributed by atoms with Gasteiger partial charge in [-0.25, -0.2) is 0 Å². The molecule has 2 heterocycles.